The van der Waals surface area contributed by atoms with Crippen LogP contribution in [0.5, 0.6) is 0 Å². The predicted octanol–water partition coefficient (Wildman–Crippen LogP) is 0.710. The summed E-state index contributed by atoms with van der Waals surface area (Å²) in [5.41, 5.74) is 1.54. The molecule has 2 saturated heterocycles. The fourth-order valence-electron chi connectivity index (χ4n) is 3.67. The molecule has 8 heteroatoms. The summed E-state index contributed by atoms with van der Waals surface area (Å²) in [5.74, 6) is -0.0384. The van der Waals surface area contributed by atoms with Crippen LogP contribution < -0.4 is 5.69 Å². The number of fused-ring (bicyclic) bond motifs is 1. The summed E-state index contributed by atoms with van der Waals surface area (Å²) in [6, 6.07) is 5.13. The van der Waals surface area contributed by atoms with Crippen LogP contribution in [0.3, 0.4) is 0 Å². The highest BCUT2D eigenvalue weighted by atomic mass is 16.5. The monoisotopic (exact) mass is 358 g/mol. The second-order valence-electron chi connectivity index (χ2n) is 6.81. The van der Waals surface area contributed by atoms with E-state index in [2.05, 4.69) is 9.97 Å². The molecule has 1 aromatic heterocycles. The van der Waals surface area contributed by atoms with Gasteiger partial charge in [0.2, 0.25) is 0 Å². The average Bonchev–Trinajstić information content (AvgIpc) is 3.23. The van der Waals surface area contributed by atoms with Crippen molar-refractivity contribution in [2.24, 2.45) is 0 Å². The van der Waals surface area contributed by atoms with Crippen LogP contribution in [0.4, 0.5) is 0 Å². The molecular formula is C18H22N4O4. The molecule has 2 aliphatic rings. The van der Waals surface area contributed by atoms with Crippen LogP contribution in [-0.4, -0.2) is 70.5 Å². The minimum atomic E-state index is -0.315. The maximum atomic E-state index is 12.8. The number of nitrogens with zero attached hydrogens (tertiary/aromatic N) is 2. The van der Waals surface area contributed by atoms with Gasteiger partial charge >= 0.3 is 5.69 Å². The quantitative estimate of drug-likeness (QED) is 0.826. The van der Waals surface area contributed by atoms with E-state index in [1.54, 1.807) is 23.1 Å². The van der Waals surface area contributed by atoms with E-state index in [1.165, 1.54) is 0 Å². The smallest absolute Gasteiger partial charge is 0.323 e. The second-order valence-corrected chi connectivity index (χ2v) is 6.81. The van der Waals surface area contributed by atoms with Crippen LogP contribution in [0.15, 0.2) is 23.0 Å². The Morgan fingerprint density at radius 2 is 1.77 bits per heavy atom. The molecule has 2 aliphatic heterocycles. The minimum absolute atomic E-state index is 0.0446. The van der Waals surface area contributed by atoms with Gasteiger partial charge in [0.1, 0.15) is 6.10 Å². The first-order chi connectivity index (χ1) is 12.6. The highest BCUT2D eigenvalue weighted by molar-refractivity contribution is 5.97. The third kappa shape index (κ3) is 3.24. The molecule has 26 heavy (non-hydrogen) atoms. The van der Waals surface area contributed by atoms with E-state index in [9.17, 15) is 14.4 Å². The zero-order chi connectivity index (χ0) is 18.1. The Kier molecular flexibility index (Phi) is 4.50. The Labute approximate surface area is 150 Å². The number of aromatic nitrogens is 2. The lowest BCUT2D eigenvalue weighted by Crippen LogP contribution is -2.41. The van der Waals surface area contributed by atoms with Crippen molar-refractivity contribution in [2.75, 3.05) is 32.8 Å². The first-order valence-electron chi connectivity index (χ1n) is 9.03. The first-order valence-corrected chi connectivity index (χ1v) is 9.03. The number of imidazole rings is 1. The summed E-state index contributed by atoms with van der Waals surface area (Å²) < 4.78 is 5.49. The van der Waals surface area contributed by atoms with E-state index in [0.717, 1.165) is 19.3 Å². The summed E-state index contributed by atoms with van der Waals surface area (Å²) in [4.78, 5) is 45.6. The normalized spacial score (nSPS) is 21.2. The third-order valence-corrected chi connectivity index (χ3v) is 5.06. The van der Waals surface area contributed by atoms with Crippen molar-refractivity contribution in [1.82, 2.24) is 19.8 Å². The van der Waals surface area contributed by atoms with Gasteiger partial charge in [-0.2, -0.15) is 0 Å². The molecule has 0 saturated carbocycles. The van der Waals surface area contributed by atoms with Gasteiger partial charge in [-0.15, -0.1) is 0 Å². The van der Waals surface area contributed by atoms with E-state index < -0.39 is 0 Å². The molecule has 3 heterocycles. The number of amides is 2. The molecule has 138 valence electrons. The van der Waals surface area contributed by atoms with Crippen LogP contribution in [0.25, 0.3) is 11.0 Å². The Morgan fingerprint density at radius 1 is 1.00 bits per heavy atom. The lowest BCUT2D eigenvalue weighted by Gasteiger charge is -2.24. The van der Waals surface area contributed by atoms with E-state index in [4.69, 9.17) is 4.74 Å². The summed E-state index contributed by atoms with van der Waals surface area (Å²) in [6.07, 6.45) is 2.14. The van der Waals surface area contributed by atoms with Crippen LogP contribution in [0.1, 0.15) is 29.6 Å². The number of hydrogen-bond donors (Lipinski definition) is 2. The average molecular weight is 358 g/mol. The molecule has 8 nitrogen and oxygen atoms in total. The summed E-state index contributed by atoms with van der Waals surface area (Å²) >= 11 is 0. The fraction of sp³-hybridized carbons (Fsp3) is 0.500. The van der Waals surface area contributed by atoms with Gasteiger partial charge in [-0.05, 0) is 37.5 Å². The van der Waals surface area contributed by atoms with Crippen LogP contribution in [0, 0.1) is 0 Å². The molecule has 0 aliphatic carbocycles. The second kappa shape index (κ2) is 6.95. The fourth-order valence-corrected chi connectivity index (χ4v) is 3.67. The van der Waals surface area contributed by atoms with Gasteiger partial charge in [-0.1, -0.05) is 0 Å². The summed E-state index contributed by atoms with van der Waals surface area (Å²) in [7, 11) is 0. The first kappa shape index (κ1) is 16.8. The molecule has 0 radical (unpaired) electrons. The van der Waals surface area contributed by atoms with Gasteiger partial charge in [0.15, 0.2) is 0 Å². The van der Waals surface area contributed by atoms with Gasteiger partial charge in [0, 0.05) is 38.3 Å². The molecule has 1 atom stereocenters. The molecule has 0 spiro atoms. The number of aromatic amines is 2. The topological polar surface area (TPSA) is 98.5 Å². The van der Waals surface area contributed by atoms with E-state index in [-0.39, 0.29) is 23.6 Å². The molecule has 2 aromatic rings. The summed E-state index contributed by atoms with van der Waals surface area (Å²) in [5, 5.41) is 0. The SMILES string of the molecule is O=C(c1ccc2[nH]c(=O)[nH]c2c1)N1CCCN(C(=O)C2CCCO2)CC1. The minimum Gasteiger partial charge on any atom is -0.368 e. The van der Waals surface area contributed by atoms with Gasteiger partial charge < -0.3 is 24.5 Å². The molecule has 4 rings (SSSR count). The zero-order valence-electron chi connectivity index (χ0n) is 14.5. The van der Waals surface area contributed by atoms with Crippen molar-refractivity contribution >= 4 is 22.8 Å². The van der Waals surface area contributed by atoms with Crippen molar-refractivity contribution in [3.8, 4) is 0 Å². The Bertz CT molecular complexity index is 881. The van der Waals surface area contributed by atoms with E-state index >= 15 is 0 Å². The number of carbonyl (C=O) groups excluding carboxylic acids is 2. The lowest BCUT2D eigenvalue weighted by molar-refractivity contribution is -0.140. The molecular weight excluding hydrogens is 336 g/mol. The molecule has 1 unspecified atom stereocenters. The highest BCUT2D eigenvalue weighted by Gasteiger charge is 2.30. The lowest BCUT2D eigenvalue weighted by atomic mass is 10.1. The summed E-state index contributed by atoms with van der Waals surface area (Å²) in [6.45, 7) is 2.92. The largest absolute Gasteiger partial charge is 0.368 e. The van der Waals surface area contributed by atoms with Crippen molar-refractivity contribution in [2.45, 2.75) is 25.4 Å². The molecule has 2 fully saturated rings. The molecule has 2 N–H and O–H groups in total. The van der Waals surface area contributed by atoms with Crippen LogP contribution in [-0.2, 0) is 9.53 Å². The Morgan fingerprint density at radius 3 is 2.58 bits per heavy atom. The van der Waals surface area contributed by atoms with Gasteiger partial charge in [0.05, 0.1) is 11.0 Å². The van der Waals surface area contributed by atoms with E-state index in [0.29, 0.717) is 49.4 Å². The standard InChI is InChI=1S/C18H22N4O4/c23-16(12-4-5-13-14(11-12)20-18(25)19-13)21-6-2-7-22(9-8-21)17(24)15-3-1-10-26-15/h4-5,11,15H,1-3,6-10H2,(H2,19,20,25). The number of nitrogens with one attached hydrogen (secondary N) is 2. The van der Waals surface area contributed by atoms with Crippen molar-refractivity contribution < 1.29 is 14.3 Å². The van der Waals surface area contributed by atoms with Crippen molar-refractivity contribution in [3.05, 3.63) is 34.2 Å². The van der Waals surface area contributed by atoms with E-state index in [1.807, 2.05) is 4.90 Å². The van der Waals surface area contributed by atoms with Crippen molar-refractivity contribution in [3.63, 3.8) is 0 Å². The zero-order valence-corrected chi connectivity index (χ0v) is 14.5. The molecule has 0 bridgehead atoms. The molecule has 2 amide bonds. The van der Waals surface area contributed by atoms with Crippen LogP contribution >= 0.6 is 0 Å². The number of H-pyrrole nitrogens is 2. The van der Waals surface area contributed by atoms with Gasteiger partial charge in [-0.25, -0.2) is 4.79 Å². The van der Waals surface area contributed by atoms with Gasteiger partial charge in [0.25, 0.3) is 11.8 Å². The highest BCUT2D eigenvalue weighted by Crippen LogP contribution is 2.17. The Hall–Kier alpha value is -2.61. The number of rotatable bonds is 2. The predicted molar refractivity (Wildman–Crippen MR) is 95.0 cm³/mol. The number of ether oxygens (including phenoxy) is 1. The number of hydrogen-bond acceptors (Lipinski definition) is 4. The Balaban J connectivity index is 1.44. The number of carbonyl (C=O) groups is 2. The third-order valence-electron chi connectivity index (χ3n) is 5.06. The number of benzene rings is 1. The molecule has 1 aromatic carbocycles. The van der Waals surface area contributed by atoms with Crippen LogP contribution in [0.2, 0.25) is 0 Å². The maximum Gasteiger partial charge on any atom is 0.323 e. The van der Waals surface area contributed by atoms with Gasteiger partial charge in [-0.3, -0.25) is 9.59 Å². The maximum absolute atomic E-state index is 12.8. The van der Waals surface area contributed by atoms with Crippen molar-refractivity contribution in [1.29, 1.82) is 0 Å².